The molecule has 1 atom stereocenters. The van der Waals surface area contributed by atoms with Crippen molar-refractivity contribution in [3.8, 4) is 0 Å². The summed E-state index contributed by atoms with van der Waals surface area (Å²) in [5.41, 5.74) is 1.68. The molecule has 1 aromatic heterocycles. The number of carbonyl (C=O) groups is 2. The molecule has 0 saturated heterocycles. The van der Waals surface area contributed by atoms with Crippen LogP contribution in [0.1, 0.15) is 73.7 Å². The van der Waals surface area contributed by atoms with Crippen LogP contribution < -0.4 is 5.32 Å². The molecule has 2 rings (SSSR count). The third kappa shape index (κ3) is 3.69. The summed E-state index contributed by atoms with van der Waals surface area (Å²) in [6, 6.07) is 0. The quantitative estimate of drug-likeness (QED) is 0.820. The van der Waals surface area contributed by atoms with E-state index in [0.29, 0.717) is 35.4 Å². The lowest BCUT2D eigenvalue weighted by molar-refractivity contribution is -0.116. The number of thiophene rings is 1. The van der Waals surface area contributed by atoms with Crippen molar-refractivity contribution in [1.29, 1.82) is 0 Å². The number of nitrogens with one attached hydrogen (secondary N) is 1. The summed E-state index contributed by atoms with van der Waals surface area (Å²) in [7, 11) is 0. The van der Waals surface area contributed by atoms with Crippen molar-refractivity contribution in [2.75, 3.05) is 11.9 Å². The highest BCUT2D eigenvalue weighted by Gasteiger charge is 2.30. The first-order valence-electron chi connectivity index (χ1n) is 8.06. The SMILES string of the molecule is CCOC(=O)c1c(NC(=O)CC(C)C)sc2c1C(C)CCC2. The Morgan fingerprint density at radius 3 is 2.77 bits per heavy atom. The number of rotatable bonds is 5. The maximum atomic E-state index is 12.4. The fourth-order valence-corrected chi connectivity index (χ4v) is 4.32. The van der Waals surface area contributed by atoms with Gasteiger partial charge in [-0.3, -0.25) is 4.79 Å². The van der Waals surface area contributed by atoms with E-state index < -0.39 is 0 Å². The molecule has 1 unspecified atom stereocenters. The molecule has 0 aromatic carbocycles. The summed E-state index contributed by atoms with van der Waals surface area (Å²) >= 11 is 1.54. The van der Waals surface area contributed by atoms with Crippen LogP contribution in [0.5, 0.6) is 0 Å². The molecule has 0 saturated carbocycles. The summed E-state index contributed by atoms with van der Waals surface area (Å²) in [6.07, 6.45) is 3.66. The van der Waals surface area contributed by atoms with E-state index in [2.05, 4.69) is 12.2 Å². The topological polar surface area (TPSA) is 55.4 Å². The predicted molar refractivity (Wildman–Crippen MR) is 89.7 cm³/mol. The fraction of sp³-hybridized carbons (Fsp3) is 0.647. The molecule has 1 aliphatic rings. The highest BCUT2D eigenvalue weighted by atomic mass is 32.1. The molecule has 122 valence electrons. The summed E-state index contributed by atoms with van der Waals surface area (Å²) in [6.45, 7) is 8.31. The number of hydrogen-bond donors (Lipinski definition) is 1. The maximum Gasteiger partial charge on any atom is 0.341 e. The maximum absolute atomic E-state index is 12.4. The van der Waals surface area contributed by atoms with E-state index in [1.54, 1.807) is 18.3 Å². The Morgan fingerprint density at radius 2 is 2.14 bits per heavy atom. The molecular formula is C17H25NO3S. The lowest BCUT2D eigenvalue weighted by atomic mass is 9.86. The van der Waals surface area contributed by atoms with Crippen LogP contribution in [-0.2, 0) is 16.0 Å². The van der Waals surface area contributed by atoms with Crippen LogP contribution in [0.3, 0.4) is 0 Å². The molecule has 1 N–H and O–H groups in total. The number of fused-ring (bicyclic) bond motifs is 1. The fourth-order valence-electron chi connectivity index (χ4n) is 2.95. The molecule has 1 aliphatic carbocycles. The summed E-state index contributed by atoms with van der Waals surface area (Å²) in [5.74, 6) is 0.287. The number of hydrogen-bond acceptors (Lipinski definition) is 4. The number of aryl methyl sites for hydroxylation is 1. The van der Waals surface area contributed by atoms with Gasteiger partial charge in [0.15, 0.2) is 0 Å². The van der Waals surface area contributed by atoms with Crippen molar-refractivity contribution in [2.45, 2.75) is 59.3 Å². The van der Waals surface area contributed by atoms with Gasteiger partial charge in [-0.05, 0) is 43.6 Å². The van der Waals surface area contributed by atoms with Gasteiger partial charge in [0.25, 0.3) is 0 Å². The molecule has 4 nitrogen and oxygen atoms in total. The predicted octanol–water partition coefficient (Wildman–Crippen LogP) is 4.35. The van der Waals surface area contributed by atoms with Crippen molar-refractivity contribution in [1.82, 2.24) is 0 Å². The van der Waals surface area contributed by atoms with Crippen LogP contribution in [-0.4, -0.2) is 18.5 Å². The lowest BCUT2D eigenvalue weighted by Crippen LogP contribution is -2.17. The smallest absolute Gasteiger partial charge is 0.341 e. The van der Waals surface area contributed by atoms with Gasteiger partial charge >= 0.3 is 5.97 Å². The summed E-state index contributed by atoms with van der Waals surface area (Å²) < 4.78 is 5.22. The minimum atomic E-state index is -0.311. The molecule has 0 bridgehead atoms. The van der Waals surface area contributed by atoms with E-state index in [9.17, 15) is 9.59 Å². The van der Waals surface area contributed by atoms with Crippen LogP contribution >= 0.6 is 11.3 Å². The van der Waals surface area contributed by atoms with Crippen LogP contribution in [0.15, 0.2) is 0 Å². The Hall–Kier alpha value is -1.36. The third-order valence-electron chi connectivity index (χ3n) is 3.88. The van der Waals surface area contributed by atoms with E-state index in [1.165, 1.54) is 4.88 Å². The highest BCUT2D eigenvalue weighted by molar-refractivity contribution is 7.17. The van der Waals surface area contributed by atoms with Gasteiger partial charge in [0.05, 0.1) is 12.2 Å². The Kier molecular flexibility index (Phi) is 5.62. The van der Waals surface area contributed by atoms with Crippen LogP contribution in [0.4, 0.5) is 5.00 Å². The van der Waals surface area contributed by atoms with Gasteiger partial charge in [-0.25, -0.2) is 4.79 Å². The minimum Gasteiger partial charge on any atom is -0.462 e. The molecule has 0 fully saturated rings. The zero-order valence-corrected chi connectivity index (χ0v) is 14.6. The molecule has 1 aromatic rings. The zero-order valence-electron chi connectivity index (χ0n) is 13.8. The van der Waals surface area contributed by atoms with Gasteiger partial charge in [0, 0.05) is 11.3 Å². The second kappa shape index (κ2) is 7.27. The zero-order chi connectivity index (χ0) is 16.3. The van der Waals surface area contributed by atoms with Gasteiger partial charge in [-0.15, -0.1) is 11.3 Å². The number of esters is 1. The van der Waals surface area contributed by atoms with E-state index in [4.69, 9.17) is 4.74 Å². The van der Waals surface area contributed by atoms with Gasteiger partial charge < -0.3 is 10.1 Å². The Morgan fingerprint density at radius 1 is 1.41 bits per heavy atom. The monoisotopic (exact) mass is 323 g/mol. The molecule has 1 heterocycles. The second-order valence-electron chi connectivity index (χ2n) is 6.30. The van der Waals surface area contributed by atoms with Crippen LogP contribution in [0.2, 0.25) is 0 Å². The first-order valence-corrected chi connectivity index (χ1v) is 8.88. The largest absolute Gasteiger partial charge is 0.462 e. The van der Waals surface area contributed by atoms with Gasteiger partial charge in [-0.1, -0.05) is 20.8 Å². The second-order valence-corrected chi connectivity index (χ2v) is 7.41. The molecule has 1 amide bonds. The molecule has 22 heavy (non-hydrogen) atoms. The summed E-state index contributed by atoms with van der Waals surface area (Å²) in [5, 5.41) is 3.61. The van der Waals surface area contributed by atoms with E-state index in [-0.39, 0.29) is 11.9 Å². The molecule has 0 aliphatic heterocycles. The number of anilines is 1. The Balaban J connectivity index is 2.36. The van der Waals surface area contributed by atoms with Crippen molar-refractivity contribution >= 4 is 28.2 Å². The van der Waals surface area contributed by atoms with Gasteiger partial charge in [0.1, 0.15) is 5.00 Å². The van der Waals surface area contributed by atoms with E-state index in [0.717, 1.165) is 24.8 Å². The van der Waals surface area contributed by atoms with Crippen LogP contribution in [0.25, 0.3) is 0 Å². The summed E-state index contributed by atoms with van der Waals surface area (Å²) in [4.78, 5) is 25.7. The number of ether oxygens (including phenoxy) is 1. The lowest BCUT2D eigenvalue weighted by Gasteiger charge is -2.19. The molecule has 0 spiro atoms. The number of amides is 1. The van der Waals surface area contributed by atoms with Crippen molar-refractivity contribution in [3.05, 3.63) is 16.0 Å². The third-order valence-corrected chi connectivity index (χ3v) is 5.06. The average Bonchev–Trinajstić information content (AvgIpc) is 2.77. The van der Waals surface area contributed by atoms with E-state index in [1.807, 2.05) is 13.8 Å². The normalized spacial score (nSPS) is 17.2. The molecule has 0 radical (unpaired) electrons. The van der Waals surface area contributed by atoms with Crippen molar-refractivity contribution in [2.24, 2.45) is 5.92 Å². The standard InChI is InChI=1S/C17H25NO3S/c1-5-21-17(20)15-14-11(4)7-6-8-12(14)22-16(15)18-13(19)9-10(2)3/h10-11H,5-9H2,1-4H3,(H,18,19). The van der Waals surface area contributed by atoms with Crippen LogP contribution in [0, 0.1) is 5.92 Å². The molecular weight excluding hydrogens is 298 g/mol. The first kappa shape index (κ1) is 17.0. The van der Waals surface area contributed by atoms with E-state index >= 15 is 0 Å². The minimum absolute atomic E-state index is 0.0354. The van der Waals surface area contributed by atoms with Crippen molar-refractivity contribution in [3.63, 3.8) is 0 Å². The van der Waals surface area contributed by atoms with Crippen molar-refractivity contribution < 1.29 is 14.3 Å². The number of carbonyl (C=O) groups excluding carboxylic acids is 2. The Labute approximate surface area is 136 Å². The first-order chi connectivity index (χ1) is 10.4. The Bertz CT molecular complexity index is 562. The molecule has 5 heteroatoms. The average molecular weight is 323 g/mol. The van der Waals surface area contributed by atoms with Gasteiger partial charge in [0.2, 0.25) is 5.91 Å². The highest BCUT2D eigenvalue weighted by Crippen LogP contribution is 2.43. The van der Waals surface area contributed by atoms with Gasteiger partial charge in [-0.2, -0.15) is 0 Å².